The van der Waals surface area contributed by atoms with Crippen molar-refractivity contribution >= 4 is 17.9 Å². The number of phenols is 2. The Labute approximate surface area is 237 Å². The Morgan fingerprint density at radius 1 is 0.538 bits per heavy atom. The minimum absolute atomic E-state index is 0.0895. The molecule has 3 heteroatoms. The quantitative estimate of drug-likeness (QED) is 0.380. The second-order valence-corrected chi connectivity index (χ2v) is 15.5. The minimum Gasteiger partial charge on any atom is -0.507 e. The van der Waals surface area contributed by atoms with Crippen molar-refractivity contribution in [2.24, 2.45) is 0 Å². The molecule has 212 valence electrons. The molecule has 0 saturated heterocycles. The Morgan fingerprint density at radius 2 is 0.795 bits per heavy atom. The number of carbonyl (C=O) groups is 1. The number of aromatic hydroxyl groups is 2. The highest BCUT2D eigenvalue weighted by molar-refractivity contribution is 6.14. The molecule has 3 rings (SSSR count). The normalized spacial score (nSPS) is 17.8. The average Bonchev–Trinajstić information content (AvgIpc) is 2.75. The second-order valence-electron chi connectivity index (χ2n) is 15.5. The van der Waals surface area contributed by atoms with Crippen LogP contribution in [0.3, 0.4) is 0 Å². The van der Waals surface area contributed by atoms with E-state index in [0.717, 1.165) is 63.8 Å². The van der Waals surface area contributed by atoms with Crippen molar-refractivity contribution in [3.05, 3.63) is 68.8 Å². The van der Waals surface area contributed by atoms with E-state index >= 15 is 0 Å². The van der Waals surface area contributed by atoms with Crippen LogP contribution >= 0.6 is 0 Å². The maximum atomic E-state index is 13.8. The molecule has 0 bridgehead atoms. The standard InChI is InChI=1S/C36H50O3/c1-33(2,3)26-18-22(19-27(31(26)38)34(4,5)6)16-24-14-13-15-25(30(24)37)17-23-20-28(35(7,8)9)32(39)29(21-23)36(10,11)12/h16-21,38-39H,13-15H2,1-12H3/b24-16+,25-17+. The number of carbonyl (C=O) groups excluding carboxylic acids is 1. The third-order valence-electron chi connectivity index (χ3n) is 7.65. The van der Waals surface area contributed by atoms with E-state index in [1.807, 2.05) is 36.4 Å². The zero-order valence-corrected chi connectivity index (χ0v) is 26.4. The molecule has 3 nitrogen and oxygen atoms in total. The van der Waals surface area contributed by atoms with Crippen LogP contribution in [0.5, 0.6) is 11.5 Å². The predicted molar refractivity (Wildman–Crippen MR) is 166 cm³/mol. The molecule has 0 spiro atoms. The summed E-state index contributed by atoms with van der Waals surface area (Å²) in [5, 5.41) is 22.2. The molecule has 0 aromatic heterocycles. The van der Waals surface area contributed by atoms with Gasteiger partial charge in [0.15, 0.2) is 5.78 Å². The number of Topliss-reactive ketones (excluding diaryl/α,β-unsaturated/α-hetero) is 1. The Bertz CT molecular complexity index is 1150. The zero-order valence-electron chi connectivity index (χ0n) is 26.4. The first-order valence-corrected chi connectivity index (χ1v) is 14.3. The van der Waals surface area contributed by atoms with Gasteiger partial charge in [0, 0.05) is 33.4 Å². The molecule has 0 unspecified atom stereocenters. The van der Waals surface area contributed by atoms with E-state index < -0.39 is 0 Å². The van der Waals surface area contributed by atoms with E-state index in [-0.39, 0.29) is 27.4 Å². The Hall–Kier alpha value is -2.81. The molecule has 0 heterocycles. The van der Waals surface area contributed by atoms with Crippen LogP contribution in [-0.2, 0) is 26.5 Å². The molecular formula is C36H50O3. The van der Waals surface area contributed by atoms with E-state index in [1.54, 1.807) is 0 Å². The van der Waals surface area contributed by atoms with Gasteiger partial charge in [0.05, 0.1) is 0 Å². The average molecular weight is 531 g/mol. The molecule has 2 N–H and O–H groups in total. The van der Waals surface area contributed by atoms with Gasteiger partial charge in [-0.25, -0.2) is 0 Å². The lowest BCUT2D eigenvalue weighted by Crippen LogP contribution is -2.18. The summed E-state index contributed by atoms with van der Waals surface area (Å²) in [5.74, 6) is 0.792. The molecule has 1 fully saturated rings. The fourth-order valence-electron chi connectivity index (χ4n) is 5.35. The van der Waals surface area contributed by atoms with Gasteiger partial charge in [-0.2, -0.15) is 0 Å². The lowest BCUT2D eigenvalue weighted by atomic mass is 9.77. The number of phenolic OH excluding ortho intramolecular Hbond substituents is 2. The lowest BCUT2D eigenvalue weighted by Gasteiger charge is -2.28. The van der Waals surface area contributed by atoms with Crippen LogP contribution in [0, 0.1) is 0 Å². The smallest absolute Gasteiger partial charge is 0.185 e. The number of allylic oxidation sites excluding steroid dienone is 2. The molecule has 1 aliphatic rings. The Kier molecular flexibility index (Phi) is 8.12. The van der Waals surface area contributed by atoms with E-state index in [2.05, 4.69) is 83.1 Å². The molecule has 1 aliphatic carbocycles. The summed E-state index contributed by atoms with van der Waals surface area (Å²) in [7, 11) is 0. The van der Waals surface area contributed by atoms with Crippen LogP contribution in [-0.4, -0.2) is 16.0 Å². The largest absolute Gasteiger partial charge is 0.507 e. The summed E-state index contributed by atoms with van der Waals surface area (Å²) < 4.78 is 0. The van der Waals surface area contributed by atoms with Crippen LogP contribution in [0.4, 0.5) is 0 Å². The van der Waals surface area contributed by atoms with Crippen molar-refractivity contribution < 1.29 is 15.0 Å². The van der Waals surface area contributed by atoms with Crippen molar-refractivity contribution in [3.8, 4) is 11.5 Å². The van der Waals surface area contributed by atoms with Gasteiger partial charge in [0.2, 0.25) is 0 Å². The first-order chi connectivity index (χ1) is 17.6. The number of benzene rings is 2. The van der Waals surface area contributed by atoms with Gasteiger partial charge in [0.25, 0.3) is 0 Å². The summed E-state index contributed by atoms with van der Waals surface area (Å²) in [6.07, 6.45) is 6.44. The number of rotatable bonds is 2. The molecule has 0 atom stereocenters. The van der Waals surface area contributed by atoms with Crippen LogP contribution in [0.25, 0.3) is 12.2 Å². The van der Waals surface area contributed by atoms with Crippen molar-refractivity contribution in [1.82, 2.24) is 0 Å². The molecule has 39 heavy (non-hydrogen) atoms. The number of hydrogen-bond acceptors (Lipinski definition) is 3. The van der Waals surface area contributed by atoms with Gasteiger partial charge >= 0.3 is 0 Å². The maximum Gasteiger partial charge on any atom is 0.185 e. The SMILES string of the molecule is CC(C)(C)c1cc(/C=C2\CCC/C(=C\c3cc(C(C)(C)C)c(O)c(C(C)(C)C)c3)C2=O)cc(C(C)(C)C)c1O. The first-order valence-electron chi connectivity index (χ1n) is 14.3. The van der Waals surface area contributed by atoms with Crippen molar-refractivity contribution in [2.75, 3.05) is 0 Å². The second kappa shape index (κ2) is 10.3. The molecular weight excluding hydrogens is 480 g/mol. The first kappa shape index (κ1) is 30.7. The van der Waals surface area contributed by atoms with Crippen LogP contribution in [0.1, 0.15) is 136 Å². The molecule has 0 radical (unpaired) electrons. The highest BCUT2D eigenvalue weighted by Crippen LogP contribution is 2.42. The highest BCUT2D eigenvalue weighted by Gasteiger charge is 2.29. The van der Waals surface area contributed by atoms with E-state index in [9.17, 15) is 15.0 Å². The predicted octanol–water partition coefficient (Wildman–Crippen LogP) is 9.51. The van der Waals surface area contributed by atoms with Crippen LogP contribution in [0.2, 0.25) is 0 Å². The van der Waals surface area contributed by atoms with Gasteiger partial charge in [0.1, 0.15) is 11.5 Å². The minimum atomic E-state index is -0.228. The third-order valence-corrected chi connectivity index (χ3v) is 7.65. The summed E-state index contributed by atoms with van der Waals surface area (Å²) in [4.78, 5) is 13.8. The summed E-state index contributed by atoms with van der Waals surface area (Å²) >= 11 is 0. The van der Waals surface area contributed by atoms with Crippen molar-refractivity contribution in [3.63, 3.8) is 0 Å². The van der Waals surface area contributed by atoms with Crippen molar-refractivity contribution in [1.29, 1.82) is 0 Å². The van der Waals surface area contributed by atoms with Gasteiger partial charge in [-0.15, -0.1) is 0 Å². The van der Waals surface area contributed by atoms with Gasteiger partial charge in [-0.1, -0.05) is 83.1 Å². The van der Waals surface area contributed by atoms with Crippen molar-refractivity contribution in [2.45, 2.75) is 124 Å². The van der Waals surface area contributed by atoms with Crippen LogP contribution < -0.4 is 0 Å². The summed E-state index contributed by atoms with van der Waals surface area (Å²) in [6, 6.07) is 8.14. The van der Waals surface area contributed by atoms with E-state index in [0.29, 0.717) is 11.5 Å². The Morgan fingerprint density at radius 3 is 1.03 bits per heavy atom. The third kappa shape index (κ3) is 6.86. The van der Waals surface area contributed by atoms with Gasteiger partial charge < -0.3 is 10.2 Å². The lowest BCUT2D eigenvalue weighted by molar-refractivity contribution is -0.112. The van der Waals surface area contributed by atoms with Crippen LogP contribution in [0.15, 0.2) is 35.4 Å². The number of hydrogen-bond donors (Lipinski definition) is 2. The van der Waals surface area contributed by atoms with Gasteiger partial charge in [-0.05, 0) is 88.5 Å². The molecule has 2 aromatic rings. The summed E-state index contributed by atoms with van der Waals surface area (Å²) in [5.41, 5.74) is 6.22. The molecule has 0 amide bonds. The fourth-order valence-corrected chi connectivity index (χ4v) is 5.35. The Balaban J connectivity index is 2.13. The topological polar surface area (TPSA) is 57.5 Å². The molecule has 2 aromatic carbocycles. The molecule has 1 saturated carbocycles. The zero-order chi connectivity index (χ0) is 29.7. The summed E-state index contributed by atoms with van der Waals surface area (Å²) in [6.45, 7) is 25.3. The van der Waals surface area contributed by atoms with Gasteiger partial charge in [-0.3, -0.25) is 4.79 Å². The fraction of sp³-hybridized carbons (Fsp3) is 0.528. The van der Waals surface area contributed by atoms with E-state index in [4.69, 9.17) is 0 Å². The maximum absolute atomic E-state index is 13.8. The highest BCUT2D eigenvalue weighted by atomic mass is 16.3. The monoisotopic (exact) mass is 530 g/mol. The number of ketones is 1. The van der Waals surface area contributed by atoms with E-state index in [1.165, 1.54) is 0 Å². The molecule has 0 aliphatic heterocycles.